The molecule has 6 unspecified atom stereocenters. The summed E-state index contributed by atoms with van der Waals surface area (Å²) < 4.78 is 75.3. The van der Waals surface area contributed by atoms with E-state index in [1.807, 2.05) is 69.2 Å². The largest absolute Gasteiger partial charge is 0.511 e. The highest BCUT2D eigenvalue weighted by Crippen LogP contribution is 2.43. The van der Waals surface area contributed by atoms with E-state index < -0.39 is 131 Å². The highest BCUT2D eigenvalue weighted by molar-refractivity contribution is 5.85. The quantitative estimate of drug-likeness (QED) is 0.0146. The summed E-state index contributed by atoms with van der Waals surface area (Å²) in [5.74, 6) is -3.48. The van der Waals surface area contributed by atoms with Crippen molar-refractivity contribution < 1.29 is 114 Å². The van der Waals surface area contributed by atoms with Gasteiger partial charge in [-0.3, -0.25) is 4.79 Å². The third-order valence-electron chi connectivity index (χ3n) is 16.0. The Morgan fingerprint density at radius 3 is 1.35 bits per heavy atom. The van der Waals surface area contributed by atoms with Gasteiger partial charge < -0.3 is 87.6 Å². The Hall–Kier alpha value is -7.46. The molecule has 6 atom stereocenters. The molecule has 0 saturated heterocycles. The molecule has 95 heavy (non-hydrogen) atoms. The van der Waals surface area contributed by atoms with Gasteiger partial charge in [-0.05, 0) is 90.9 Å². The number of nitrogens with one attached hydrogen (secondary N) is 4. The van der Waals surface area contributed by atoms with Crippen molar-refractivity contribution >= 4 is 60.4 Å². The average Bonchev–Trinajstić information content (AvgIpc) is 0.797. The van der Waals surface area contributed by atoms with Crippen LogP contribution in [0.4, 0.5) is 24.0 Å². The van der Waals surface area contributed by atoms with Crippen LogP contribution in [0.5, 0.6) is 0 Å². The number of carbonyl (C=O) groups is 10. The van der Waals surface area contributed by atoms with Crippen LogP contribution in [0, 0.1) is 33.5 Å². The maximum absolute atomic E-state index is 14.0. The Kier molecular flexibility index (Phi) is 34.3. The number of hydrogen-bond acceptors (Lipinski definition) is 24. The molecule has 0 aromatic heterocycles. The predicted octanol–water partition coefficient (Wildman–Crippen LogP) is 9.20. The molecule has 28 heteroatoms. The molecule has 0 aliphatic heterocycles. The Bertz CT molecular complexity index is 2600. The van der Waals surface area contributed by atoms with Crippen LogP contribution in [0.15, 0.2) is 50.6 Å². The van der Waals surface area contributed by atoms with Gasteiger partial charge in [-0.15, -0.1) is 0 Å². The molecule has 28 nitrogen and oxygen atoms in total. The van der Waals surface area contributed by atoms with Crippen LogP contribution in [0.2, 0.25) is 0 Å². The smallest absolute Gasteiger partial charge is 0.462 e. The lowest BCUT2D eigenvalue weighted by Crippen LogP contribution is -2.60. The van der Waals surface area contributed by atoms with E-state index in [2.05, 4.69) is 47.6 Å². The summed E-state index contributed by atoms with van der Waals surface area (Å²) in [6.45, 7) is 38.6. The standard InChI is InChI=1S/C67H108N4O24/c1-19-50(72)84-28-23-26-82-37-46(62(9,10)43-90-52(74)21-3)39-89-57(79)71-67(18)36-49(34-61(7,8)42-67)69-56(78)95-64(13,14)25-30-86-58(80)87-31-32-88-59(81)93-45-92-55(77)68-48-33-60(5,6)41-66(17,35-48)70-54(76)65(15,16)94-40-47(63(11,12)44-91-53(75)22-4)38-83-27-24-29-85-51(73)20-2/h19-22,46-49H,1-4,23-45H2,5-18H3,(H,68,77)(H,69,78)(H,70,76)(H,71,79). The summed E-state index contributed by atoms with van der Waals surface area (Å²) >= 11 is 0. The molecule has 4 N–H and O–H groups in total. The normalized spacial score (nSPS) is 19.8. The Labute approximate surface area is 559 Å². The second-order valence-electron chi connectivity index (χ2n) is 28.5. The number of ether oxygens (including phenoxy) is 14. The van der Waals surface area contributed by atoms with Crippen molar-refractivity contribution in [2.24, 2.45) is 33.5 Å². The van der Waals surface area contributed by atoms with Gasteiger partial charge in [-0.1, -0.05) is 81.7 Å². The molecule has 2 aliphatic rings. The lowest BCUT2D eigenvalue weighted by atomic mass is 9.66. The molecule has 0 aromatic carbocycles. The molecule has 0 spiro atoms. The summed E-state index contributed by atoms with van der Waals surface area (Å²) in [5.41, 5.74) is -6.19. The molecular formula is C67H108N4O24. The third kappa shape index (κ3) is 34.2. The van der Waals surface area contributed by atoms with E-state index in [0.717, 1.165) is 24.3 Å². The fourth-order valence-corrected chi connectivity index (χ4v) is 11.3. The first-order chi connectivity index (χ1) is 44.1. The number of hydrogen-bond donors (Lipinski definition) is 4. The SMILES string of the molecule is C=CC(=O)OCCCOCC(COC(=O)NC1(C)CC(NC(=O)OC(C)(C)CCOC(=O)OCCOC(=O)OCOC(=O)NC2CC(C)(C)CC(C)(NC(=O)C(C)(C)OCC(COCCCOC(=O)C=C)C(C)(C)COC(=O)C=C)C2)CC(C)(C)C1)C(C)(C)COC(=O)C=C. The number of rotatable bonds is 41. The fourth-order valence-electron chi connectivity index (χ4n) is 11.3. The molecule has 540 valence electrons. The molecule has 0 aromatic rings. The van der Waals surface area contributed by atoms with E-state index in [0.29, 0.717) is 51.4 Å². The summed E-state index contributed by atoms with van der Waals surface area (Å²) in [6, 6.07) is -0.899. The van der Waals surface area contributed by atoms with E-state index in [4.69, 9.17) is 66.3 Å². The lowest BCUT2D eigenvalue weighted by Gasteiger charge is -2.47. The van der Waals surface area contributed by atoms with Crippen molar-refractivity contribution in [2.75, 3.05) is 92.7 Å². The highest BCUT2D eigenvalue weighted by Gasteiger charge is 2.47. The summed E-state index contributed by atoms with van der Waals surface area (Å²) in [4.78, 5) is 125. The monoisotopic (exact) mass is 1350 g/mol. The maximum atomic E-state index is 14.0. The second-order valence-corrected chi connectivity index (χ2v) is 28.5. The number of carbonyl (C=O) groups excluding carboxylic acids is 10. The molecule has 2 rings (SSSR count). The minimum atomic E-state index is -1.35. The van der Waals surface area contributed by atoms with Gasteiger partial charge in [-0.2, -0.15) is 0 Å². The topological polar surface area (TPSA) is 348 Å². The van der Waals surface area contributed by atoms with E-state index in [9.17, 15) is 47.9 Å². The van der Waals surface area contributed by atoms with Crippen molar-refractivity contribution in [1.29, 1.82) is 0 Å². The summed E-state index contributed by atoms with van der Waals surface area (Å²) in [5, 5.41) is 11.9. The summed E-state index contributed by atoms with van der Waals surface area (Å²) in [7, 11) is 0. The van der Waals surface area contributed by atoms with Gasteiger partial charge in [0.25, 0.3) is 5.91 Å². The molecule has 2 fully saturated rings. The number of alkyl carbamates (subject to hydrolysis) is 3. The predicted molar refractivity (Wildman–Crippen MR) is 345 cm³/mol. The van der Waals surface area contributed by atoms with Gasteiger partial charge in [0, 0.05) is 103 Å². The molecule has 0 radical (unpaired) electrons. The van der Waals surface area contributed by atoms with Gasteiger partial charge in [-0.25, -0.2) is 43.2 Å². The zero-order chi connectivity index (χ0) is 71.9. The minimum Gasteiger partial charge on any atom is -0.462 e. The van der Waals surface area contributed by atoms with Crippen LogP contribution in [0.25, 0.3) is 0 Å². The van der Waals surface area contributed by atoms with Gasteiger partial charge in [0.05, 0.1) is 59.5 Å². The van der Waals surface area contributed by atoms with Crippen LogP contribution in [0.3, 0.4) is 0 Å². The van der Waals surface area contributed by atoms with Crippen LogP contribution < -0.4 is 21.3 Å². The lowest BCUT2D eigenvalue weighted by molar-refractivity contribution is -0.154. The Morgan fingerprint density at radius 2 is 0.874 bits per heavy atom. The van der Waals surface area contributed by atoms with Crippen molar-refractivity contribution in [3.05, 3.63) is 50.6 Å². The van der Waals surface area contributed by atoms with E-state index >= 15 is 0 Å². The Balaban J connectivity index is 1.81. The average molecular weight is 1350 g/mol. The molecule has 0 bridgehead atoms. The second kappa shape index (κ2) is 38.9. The first-order valence-corrected chi connectivity index (χ1v) is 31.9. The summed E-state index contributed by atoms with van der Waals surface area (Å²) in [6.07, 6.45) is 3.40. The maximum Gasteiger partial charge on any atom is 0.511 e. The van der Waals surface area contributed by atoms with Gasteiger partial charge in [0.2, 0.25) is 6.79 Å². The van der Waals surface area contributed by atoms with Crippen molar-refractivity contribution in [2.45, 2.75) is 189 Å². The Morgan fingerprint density at radius 1 is 0.453 bits per heavy atom. The number of amides is 4. The number of esters is 4. The van der Waals surface area contributed by atoms with E-state index in [1.165, 1.54) is 0 Å². The van der Waals surface area contributed by atoms with Crippen LogP contribution in [-0.2, 0) is 90.3 Å². The zero-order valence-electron chi connectivity index (χ0n) is 58.5. The van der Waals surface area contributed by atoms with Gasteiger partial charge >= 0.3 is 54.5 Å². The van der Waals surface area contributed by atoms with Gasteiger partial charge in [0.1, 0.15) is 24.4 Å². The van der Waals surface area contributed by atoms with Gasteiger partial charge in [0.15, 0.2) is 0 Å². The van der Waals surface area contributed by atoms with Crippen molar-refractivity contribution in [1.82, 2.24) is 21.3 Å². The van der Waals surface area contributed by atoms with Crippen LogP contribution in [0.1, 0.15) is 155 Å². The van der Waals surface area contributed by atoms with E-state index in [1.54, 1.807) is 27.7 Å². The zero-order valence-corrected chi connectivity index (χ0v) is 58.5. The first-order valence-electron chi connectivity index (χ1n) is 31.9. The molecule has 2 aliphatic carbocycles. The van der Waals surface area contributed by atoms with Crippen LogP contribution in [-0.4, -0.2) is 187 Å². The molecule has 4 amide bonds. The molecular weight excluding hydrogens is 1240 g/mol. The van der Waals surface area contributed by atoms with Crippen molar-refractivity contribution in [3.63, 3.8) is 0 Å². The molecule has 0 heterocycles. The fraction of sp³-hybridized carbons (Fsp3) is 0.731. The van der Waals surface area contributed by atoms with Crippen LogP contribution >= 0.6 is 0 Å². The highest BCUT2D eigenvalue weighted by atomic mass is 16.8. The third-order valence-corrected chi connectivity index (χ3v) is 16.0. The minimum absolute atomic E-state index is 0.00869. The van der Waals surface area contributed by atoms with Crippen molar-refractivity contribution in [3.8, 4) is 0 Å². The van der Waals surface area contributed by atoms with E-state index in [-0.39, 0.29) is 95.8 Å². The molecule has 2 saturated carbocycles. The first kappa shape index (κ1) is 83.6.